The van der Waals surface area contributed by atoms with Crippen LogP contribution in [-0.2, 0) is 14.4 Å². The van der Waals surface area contributed by atoms with Gasteiger partial charge in [0.05, 0.1) is 5.92 Å². The van der Waals surface area contributed by atoms with E-state index < -0.39 is 0 Å². The van der Waals surface area contributed by atoms with E-state index in [9.17, 15) is 14.4 Å². The first-order valence-electron chi connectivity index (χ1n) is 10.3. The van der Waals surface area contributed by atoms with Gasteiger partial charge in [-0.05, 0) is 25.0 Å². The molecule has 7 heteroatoms. The second-order valence-electron chi connectivity index (χ2n) is 7.99. The largest absolute Gasteiger partial charge is 0.368 e. The summed E-state index contributed by atoms with van der Waals surface area (Å²) in [4.78, 5) is 42.3. The lowest BCUT2D eigenvalue weighted by Gasteiger charge is -2.43. The van der Waals surface area contributed by atoms with Gasteiger partial charge in [0.2, 0.25) is 17.7 Å². The summed E-state index contributed by atoms with van der Waals surface area (Å²) in [6.07, 6.45) is 2.53. The second-order valence-corrected chi connectivity index (χ2v) is 7.99. The molecular formula is C21H28N4O3. The third kappa shape index (κ3) is 4.13. The molecule has 0 aliphatic carbocycles. The van der Waals surface area contributed by atoms with Gasteiger partial charge in [0.15, 0.2) is 0 Å². The fraction of sp³-hybridized carbons (Fsp3) is 0.571. The Morgan fingerprint density at radius 1 is 1.00 bits per heavy atom. The van der Waals surface area contributed by atoms with Crippen molar-refractivity contribution in [2.75, 3.05) is 44.2 Å². The fourth-order valence-electron chi connectivity index (χ4n) is 4.27. The van der Waals surface area contributed by atoms with Gasteiger partial charge < -0.3 is 20.0 Å². The van der Waals surface area contributed by atoms with E-state index >= 15 is 0 Å². The van der Waals surface area contributed by atoms with Crippen LogP contribution < -0.4 is 10.2 Å². The van der Waals surface area contributed by atoms with Crippen molar-refractivity contribution in [2.24, 2.45) is 5.92 Å². The Balaban J connectivity index is 1.17. The molecule has 3 aliphatic rings. The van der Waals surface area contributed by atoms with Gasteiger partial charge >= 0.3 is 0 Å². The zero-order chi connectivity index (χ0) is 19.5. The zero-order valence-electron chi connectivity index (χ0n) is 16.2. The van der Waals surface area contributed by atoms with Crippen LogP contribution in [0.15, 0.2) is 30.3 Å². The minimum atomic E-state index is -0.0570. The number of piperazine rings is 1. The average Bonchev–Trinajstić information content (AvgIpc) is 3.11. The van der Waals surface area contributed by atoms with E-state index in [1.165, 1.54) is 5.69 Å². The van der Waals surface area contributed by atoms with Gasteiger partial charge in [0.1, 0.15) is 0 Å². The number of likely N-dealkylation sites (tertiary alicyclic amines) is 1. The van der Waals surface area contributed by atoms with Gasteiger partial charge in [0.25, 0.3) is 0 Å². The minimum Gasteiger partial charge on any atom is -0.368 e. The second kappa shape index (κ2) is 8.20. The number of amides is 3. The van der Waals surface area contributed by atoms with Gasteiger partial charge in [0, 0.05) is 63.8 Å². The number of anilines is 1. The Kier molecular flexibility index (Phi) is 5.50. The number of hydrogen-bond acceptors (Lipinski definition) is 4. The van der Waals surface area contributed by atoms with E-state index in [2.05, 4.69) is 22.3 Å². The molecule has 1 aromatic carbocycles. The van der Waals surface area contributed by atoms with Gasteiger partial charge in [-0.25, -0.2) is 0 Å². The fourth-order valence-corrected chi connectivity index (χ4v) is 4.27. The van der Waals surface area contributed by atoms with Crippen LogP contribution in [0.3, 0.4) is 0 Å². The van der Waals surface area contributed by atoms with Crippen molar-refractivity contribution in [1.29, 1.82) is 0 Å². The van der Waals surface area contributed by atoms with E-state index in [1.54, 1.807) is 4.90 Å². The maximum atomic E-state index is 12.7. The SMILES string of the molecule is O=C1CC[C@H](CCC(=O)N2CC(C(=O)N3CCN(c4ccccc4)CC3)C2)N1. The van der Waals surface area contributed by atoms with E-state index in [0.29, 0.717) is 32.4 Å². The molecule has 0 aromatic heterocycles. The Morgan fingerprint density at radius 2 is 1.71 bits per heavy atom. The summed E-state index contributed by atoms with van der Waals surface area (Å²) in [5.41, 5.74) is 1.20. The number of carbonyl (C=O) groups is 3. The molecule has 0 radical (unpaired) electrons. The number of benzene rings is 1. The van der Waals surface area contributed by atoms with E-state index in [1.807, 2.05) is 23.1 Å². The first-order valence-corrected chi connectivity index (χ1v) is 10.3. The predicted octanol–water partition coefficient (Wildman–Crippen LogP) is 0.852. The van der Waals surface area contributed by atoms with Crippen LogP contribution in [0.4, 0.5) is 5.69 Å². The Hall–Kier alpha value is -2.57. The normalized spacial score (nSPS) is 22.8. The van der Waals surface area contributed by atoms with Crippen LogP contribution in [0.1, 0.15) is 25.7 Å². The van der Waals surface area contributed by atoms with Crippen molar-refractivity contribution in [3.8, 4) is 0 Å². The number of para-hydroxylation sites is 1. The molecular weight excluding hydrogens is 356 g/mol. The summed E-state index contributed by atoms with van der Waals surface area (Å²) in [5, 5.41) is 2.90. The number of carbonyl (C=O) groups excluding carboxylic acids is 3. The molecule has 1 N–H and O–H groups in total. The van der Waals surface area contributed by atoms with Crippen LogP contribution in [0.25, 0.3) is 0 Å². The summed E-state index contributed by atoms with van der Waals surface area (Å²) in [6, 6.07) is 10.4. The summed E-state index contributed by atoms with van der Waals surface area (Å²) < 4.78 is 0. The van der Waals surface area contributed by atoms with E-state index in [4.69, 9.17) is 0 Å². The maximum absolute atomic E-state index is 12.7. The summed E-state index contributed by atoms with van der Waals surface area (Å²) in [5.74, 6) is 0.303. The molecule has 0 unspecified atom stereocenters. The van der Waals surface area contributed by atoms with Gasteiger partial charge in [-0.15, -0.1) is 0 Å². The highest BCUT2D eigenvalue weighted by molar-refractivity contribution is 5.85. The van der Waals surface area contributed by atoms with Crippen molar-refractivity contribution < 1.29 is 14.4 Å². The van der Waals surface area contributed by atoms with Crippen molar-refractivity contribution in [3.63, 3.8) is 0 Å². The van der Waals surface area contributed by atoms with Gasteiger partial charge in [-0.2, -0.15) is 0 Å². The Labute approximate surface area is 165 Å². The molecule has 3 aliphatic heterocycles. The van der Waals surface area contributed by atoms with Crippen molar-refractivity contribution in [2.45, 2.75) is 31.7 Å². The zero-order valence-corrected chi connectivity index (χ0v) is 16.2. The number of nitrogens with zero attached hydrogens (tertiary/aromatic N) is 3. The summed E-state index contributed by atoms with van der Waals surface area (Å²) in [7, 11) is 0. The lowest BCUT2D eigenvalue weighted by atomic mass is 9.96. The first kappa shape index (κ1) is 18.8. The average molecular weight is 384 g/mol. The van der Waals surface area contributed by atoms with Crippen LogP contribution in [-0.4, -0.2) is 72.8 Å². The molecule has 0 bridgehead atoms. The quantitative estimate of drug-likeness (QED) is 0.817. The smallest absolute Gasteiger partial charge is 0.229 e. The molecule has 3 fully saturated rings. The molecule has 0 spiro atoms. The maximum Gasteiger partial charge on any atom is 0.229 e. The molecule has 3 amide bonds. The molecule has 28 heavy (non-hydrogen) atoms. The Morgan fingerprint density at radius 3 is 2.36 bits per heavy atom. The van der Waals surface area contributed by atoms with Crippen LogP contribution in [0.5, 0.6) is 0 Å². The third-order valence-corrected chi connectivity index (χ3v) is 6.09. The highest BCUT2D eigenvalue weighted by Gasteiger charge is 2.38. The third-order valence-electron chi connectivity index (χ3n) is 6.09. The molecule has 150 valence electrons. The molecule has 3 saturated heterocycles. The van der Waals surface area contributed by atoms with Gasteiger partial charge in [-0.3, -0.25) is 14.4 Å². The van der Waals surface area contributed by atoms with Crippen molar-refractivity contribution in [3.05, 3.63) is 30.3 Å². The molecule has 1 aromatic rings. The number of rotatable bonds is 5. The highest BCUT2D eigenvalue weighted by Crippen LogP contribution is 2.23. The molecule has 3 heterocycles. The van der Waals surface area contributed by atoms with Crippen molar-refractivity contribution >= 4 is 23.4 Å². The van der Waals surface area contributed by atoms with E-state index in [0.717, 1.165) is 32.6 Å². The topological polar surface area (TPSA) is 73.0 Å². The first-order chi connectivity index (χ1) is 13.6. The lowest BCUT2D eigenvalue weighted by molar-refractivity contribution is -0.148. The molecule has 7 nitrogen and oxygen atoms in total. The molecule has 1 atom stereocenters. The summed E-state index contributed by atoms with van der Waals surface area (Å²) in [6.45, 7) is 4.23. The van der Waals surface area contributed by atoms with E-state index in [-0.39, 0.29) is 29.7 Å². The Bertz CT molecular complexity index is 724. The predicted molar refractivity (Wildman–Crippen MR) is 106 cm³/mol. The number of hydrogen-bond donors (Lipinski definition) is 1. The monoisotopic (exact) mass is 384 g/mol. The minimum absolute atomic E-state index is 0.0570. The van der Waals surface area contributed by atoms with Crippen LogP contribution in [0.2, 0.25) is 0 Å². The lowest BCUT2D eigenvalue weighted by Crippen LogP contribution is -2.59. The number of nitrogens with one attached hydrogen (secondary N) is 1. The van der Waals surface area contributed by atoms with Crippen LogP contribution in [0, 0.1) is 5.92 Å². The molecule has 4 rings (SSSR count). The van der Waals surface area contributed by atoms with Crippen molar-refractivity contribution in [1.82, 2.24) is 15.1 Å². The molecule has 0 saturated carbocycles. The van der Waals surface area contributed by atoms with Gasteiger partial charge in [-0.1, -0.05) is 18.2 Å². The summed E-state index contributed by atoms with van der Waals surface area (Å²) >= 11 is 0. The standard InChI is InChI=1S/C21H28N4O3/c26-19-8-6-17(22-19)7-9-20(27)25-14-16(15-25)21(28)24-12-10-23(11-13-24)18-4-2-1-3-5-18/h1-5,16-17H,6-15H2,(H,22,26)/t17-/m1/s1. The highest BCUT2D eigenvalue weighted by atomic mass is 16.2. The van der Waals surface area contributed by atoms with Crippen LogP contribution >= 0.6 is 0 Å².